The minimum absolute atomic E-state index is 0.474. The summed E-state index contributed by atoms with van der Waals surface area (Å²) in [5.74, 6) is 0.852. The van der Waals surface area contributed by atoms with Gasteiger partial charge in [0, 0.05) is 12.6 Å². The number of hydrogen-bond donors (Lipinski definition) is 3. The first-order chi connectivity index (χ1) is 8.63. The van der Waals surface area contributed by atoms with Crippen molar-refractivity contribution in [3.8, 4) is 0 Å². The zero-order chi connectivity index (χ0) is 13.4. The van der Waals surface area contributed by atoms with Gasteiger partial charge in [0.05, 0.1) is 12.1 Å². The Morgan fingerprint density at radius 2 is 1.83 bits per heavy atom. The second-order valence-corrected chi connectivity index (χ2v) is 5.25. The number of guanidine groups is 1. The molecule has 4 nitrogen and oxygen atoms in total. The lowest BCUT2D eigenvalue weighted by molar-refractivity contribution is 0.0417. The Morgan fingerprint density at radius 3 is 2.33 bits per heavy atom. The van der Waals surface area contributed by atoms with Gasteiger partial charge < -0.3 is 15.7 Å². The maximum atomic E-state index is 10.2. The number of nitrogens with one attached hydrogen (secondary N) is 2. The number of nitrogens with zero attached hydrogens (tertiary/aromatic N) is 1. The molecule has 0 heterocycles. The highest BCUT2D eigenvalue weighted by Gasteiger charge is 2.22. The Hall–Kier alpha value is -0.770. The summed E-state index contributed by atoms with van der Waals surface area (Å²) in [6, 6.07) is 0.555. The fourth-order valence-corrected chi connectivity index (χ4v) is 2.28. The largest absolute Gasteiger partial charge is 0.388 e. The van der Waals surface area contributed by atoms with E-state index in [1.807, 2.05) is 13.8 Å². The quantitative estimate of drug-likeness (QED) is 0.503. The van der Waals surface area contributed by atoms with Gasteiger partial charge in [0.15, 0.2) is 5.96 Å². The van der Waals surface area contributed by atoms with Crippen LogP contribution in [0.25, 0.3) is 0 Å². The summed E-state index contributed by atoms with van der Waals surface area (Å²) in [7, 11) is 0. The Kier molecular flexibility index (Phi) is 6.47. The molecule has 1 rings (SSSR count). The fourth-order valence-electron chi connectivity index (χ4n) is 2.28. The van der Waals surface area contributed by atoms with E-state index in [1.165, 1.54) is 25.7 Å². The van der Waals surface area contributed by atoms with Crippen molar-refractivity contribution < 1.29 is 5.11 Å². The van der Waals surface area contributed by atoms with Crippen LogP contribution in [0.4, 0.5) is 0 Å². The van der Waals surface area contributed by atoms with Crippen molar-refractivity contribution in [3.63, 3.8) is 0 Å². The summed E-state index contributed by atoms with van der Waals surface area (Å²) < 4.78 is 0. The normalized spacial score (nSPS) is 18.1. The first kappa shape index (κ1) is 15.3. The number of hydrogen-bond acceptors (Lipinski definition) is 2. The molecule has 0 aromatic carbocycles. The van der Waals surface area contributed by atoms with Crippen LogP contribution in [-0.4, -0.2) is 35.8 Å². The molecule has 1 fully saturated rings. The minimum atomic E-state index is -0.655. The molecule has 0 atom stereocenters. The van der Waals surface area contributed by atoms with Crippen LogP contribution >= 0.6 is 0 Å². The van der Waals surface area contributed by atoms with Crippen molar-refractivity contribution in [2.45, 2.75) is 70.9 Å². The van der Waals surface area contributed by atoms with E-state index in [1.54, 1.807) is 0 Å². The Morgan fingerprint density at radius 1 is 1.22 bits per heavy atom. The molecule has 106 valence electrons. The fraction of sp³-hybridized carbons (Fsp3) is 0.929. The molecule has 3 N–H and O–H groups in total. The Bertz CT molecular complexity index is 256. The molecule has 0 spiro atoms. The maximum absolute atomic E-state index is 10.2. The van der Waals surface area contributed by atoms with E-state index in [0.717, 1.165) is 25.3 Å². The minimum Gasteiger partial charge on any atom is -0.388 e. The molecular weight excluding hydrogens is 226 g/mol. The van der Waals surface area contributed by atoms with Crippen molar-refractivity contribution in [2.24, 2.45) is 4.99 Å². The Labute approximate surface area is 111 Å². The van der Waals surface area contributed by atoms with E-state index in [0.29, 0.717) is 12.6 Å². The second kappa shape index (κ2) is 7.62. The van der Waals surface area contributed by atoms with E-state index < -0.39 is 5.60 Å². The monoisotopic (exact) mass is 255 g/mol. The third kappa shape index (κ3) is 4.84. The van der Waals surface area contributed by atoms with Crippen LogP contribution in [0.3, 0.4) is 0 Å². The summed E-state index contributed by atoms with van der Waals surface area (Å²) in [5, 5.41) is 17.0. The molecule has 0 aromatic heterocycles. The average molecular weight is 255 g/mol. The van der Waals surface area contributed by atoms with Crippen LogP contribution in [0.15, 0.2) is 4.99 Å². The zero-order valence-electron chi connectivity index (χ0n) is 12.1. The third-order valence-electron chi connectivity index (χ3n) is 3.89. The van der Waals surface area contributed by atoms with Gasteiger partial charge in [0.25, 0.3) is 0 Å². The number of aliphatic imine (C=N–C) groups is 1. The molecule has 1 aliphatic carbocycles. The van der Waals surface area contributed by atoms with Gasteiger partial charge >= 0.3 is 0 Å². The highest BCUT2D eigenvalue weighted by molar-refractivity contribution is 5.80. The molecule has 1 saturated carbocycles. The summed E-state index contributed by atoms with van der Waals surface area (Å²) in [4.78, 5) is 4.54. The van der Waals surface area contributed by atoms with E-state index >= 15 is 0 Å². The van der Waals surface area contributed by atoms with Gasteiger partial charge in [0.2, 0.25) is 0 Å². The van der Waals surface area contributed by atoms with Gasteiger partial charge in [0.1, 0.15) is 0 Å². The zero-order valence-corrected chi connectivity index (χ0v) is 12.1. The molecule has 0 amide bonds. The molecule has 0 aromatic rings. The number of rotatable bonds is 6. The SMILES string of the molecule is CCNC(=NCC(O)(CC)CC)NC1CCCC1. The summed E-state index contributed by atoms with van der Waals surface area (Å²) in [5.41, 5.74) is -0.655. The van der Waals surface area contributed by atoms with Gasteiger partial charge in [-0.3, -0.25) is 4.99 Å². The van der Waals surface area contributed by atoms with Crippen LogP contribution in [0, 0.1) is 0 Å². The van der Waals surface area contributed by atoms with Crippen LogP contribution in [0.5, 0.6) is 0 Å². The van der Waals surface area contributed by atoms with Crippen molar-refractivity contribution in [2.75, 3.05) is 13.1 Å². The maximum Gasteiger partial charge on any atom is 0.191 e. The summed E-state index contributed by atoms with van der Waals surface area (Å²) in [6.45, 7) is 7.42. The lowest BCUT2D eigenvalue weighted by Crippen LogP contribution is -2.43. The molecule has 0 saturated heterocycles. The highest BCUT2D eigenvalue weighted by atomic mass is 16.3. The molecule has 0 radical (unpaired) electrons. The van der Waals surface area contributed by atoms with Crippen LogP contribution < -0.4 is 10.6 Å². The molecule has 0 unspecified atom stereocenters. The first-order valence-corrected chi connectivity index (χ1v) is 7.40. The van der Waals surface area contributed by atoms with E-state index in [4.69, 9.17) is 0 Å². The van der Waals surface area contributed by atoms with Gasteiger partial charge in [-0.1, -0.05) is 26.7 Å². The van der Waals surface area contributed by atoms with Gasteiger partial charge in [-0.25, -0.2) is 0 Å². The smallest absolute Gasteiger partial charge is 0.191 e. The van der Waals surface area contributed by atoms with Crippen molar-refractivity contribution in [1.82, 2.24) is 10.6 Å². The van der Waals surface area contributed by atoms with Gasteiger partial charge in [-0.05, 0) is 32.6 Å². The molecule has 0 bridgehead atoms. The van der Waals surface area contributed by atoms with Crippen molar-refractivity contribution in [1.29, 1.82) is 0 Å². The number of aliphatic hydroxyl groups is 1. The standard InChI is InChI=1S/C14H29N3O/c1-4-14(18,5-2)11-16-13(15-6-3)17-12-9-7-8-10-12/h12,18H,4-11H2,1-3H3,(H2,15,16,17). The summed E-state index contributed by atoms with van der Waals surface area (Å²) >= 11 is 0. The molecule has 4 heteroatoms. The third-order valence-corrected chi connectivity index (χ3v) is 3.89. The first-order valence-electron chi connectivity index (χ1n) is 7.40. The van der Waals surface area contributed by atoms with E-state index in [9.17, 15) is 5.11 Å². The van der Waals surface area contributed by atoms with Crippen LogP contribution in [0.2, 0.25) is 0 Å². The lowest BCUT2D eigenvalue weighted by Gasteiger charge is -2.24. The predicted octanol–water partition coefficient (Wildman–Crippen LogP) is 2.04. The topological polar surface area (TPSA) is 56.7 Å². The second-order valence-electron chi connectivity index (χ2n) is 5.25. The average Bonchev–Trinajstić information content (AvgIpc) is 2.89. The van der Waals surface area contributed by atoms with Gasteiger partial charge in [-0.2, -0.15) is 0 Å². The molecular formula is C14H29N3O. The van der Waals surface area contributed by atoms with Crippen molar-refractivity contribution >= 4 is 5.96 Å². The van der Waals surface area contributed by atoms with E-state index in [2.05, 4.69) is 22.5 Å². The molecule has 1 aliphatic rings. The molecule has 18 heavy (non-hydrogen) atoms. The highest BCUT2D eigenvalue weighted by Crippen LogP contribution is 2.18. The predicted molar refractivity (Wildman–Crippen MR) is 76.9 cm³/mol. The van der Waals surface area contributed by atoms with Crippen molar-refractivity contribution in [3.05, 3.63) is 0 Å². The Balaban J connectivity index is 2.53. The lowest BCUT2D eigenvalue weighted by atomic mass is 9.98. The van der Waals surface area contributed by atoms with Crippen LogP contribution in [0.1, 0.15) is 59.3 Å². The van der Waals surface area contributed by atoms with Gasteiger partial charge in [-0.15, -0.1) is 0 Å². The summed E-state index contributed by atoms with van der Waals surface area (Å²) in [6.07, 6.45) is 6.58. The van der Waals surface area contributed by atoms with Crippen LogP contribution in [-0.2, 0) is 0 Å². The van der Waals surface area contributed by atoms with E-state index in [-0.39, 0.29) is 0 Å². The molecule has 0 aliphatic heterocycles.